The molecule has 3 saturated heterocycles. The van der Waals surface area contributed by atoms with Crippen LogP contribution in [0, 0.1) is 24.0 Å². The van der Waals surface area contributed by atoms with Gasteiger partial charge in [-0.05, 0) is 76.3 Å². The van der Waals surface area contributed by atoms with Gasteiger partial charge in [0.15, 0.2) is 11.5 Å². The molecule has 61 heavy (non-hydrogen) atoms. The van der Waals surface area contributed by atoms with Crippen molar-refractivity contribution < 1.29 is 31.4 Å². The zero-order chi connectivity index (χ0) is 42.6. The average molecular weight is 841 g/mol. The summed E-state index contributed by atoms with van der Waals surface area (Å²) < 4.78 is 85.4. The maximum absolute atomic E-state index is 17.7. The summed E-state index contributed by atoms with van der Waals surface area (Å²) in [4.78, 5) is 27.1. The van der Waals surface area contributed by atoms with Crippen LogP contribution in [-0.4, -0.2) is 85.8 Å². The first-order valence-corrected chi connectivity index (χ1v) is 21.5. The fraction of sp³-hybridized carbons (Fsp3) is 0.500. The van der Waals surface area contributed by atoms with Gasteiger partial charge in [-0.1, -0.05) is 50.5 Å². The van der Waals surface area contributed by atoms with Gasteiger partial charge in [0.25, 0.3) is 0 Å². The quantitative estimate of drug-likeness (QED) is 0.108. The number of fused-ring (bicyclic) bond motifs is 4. The fourth-order valence-electron chi connectivity index (χ4n) is 10.6. The number of nitrogens with zero attached hydrogens (tertiary/aromatic N) is 7. The zero-order valence-corrected chi connectivity index (χ0v) is 34.5. The lowest BCUT2D eigenvalue weighted by atomic mass is 9.85. The Morgan fingerprint density at radius 2 is 1.85 bits per heavy atom. The minimum absolute atomic E-state index is 0.0384. The number of anilines is 1. The van der Waals surface area contributed by atoms with Crippen LogP contribution < -0.4 is 19.7 Å². The largest absolute Gasteiger partial charge is 0.476 e. The summed E-state index contributed by atoms with van der Waals surface area (Å²) in [5, 5.41) is 5.48. The third-order valence-corrected chi connectivity index (χ3v) is 13.5. The van der Waals surface area contributed by atoms with E-state index in [9.17, 15) is 13.2 Å². The van der Waals surface area contributed by atoms with E-state index in [0.717, 1.165) is 76.7 Å². The summed E-state index contributed by atoms with van der Waals surface area (Å²) in [6.45, 7) is 8.28. The minimum Gasteiger partial charge on any atom is -0.476 e. The maximum Gasteiger partial charge on any atom is 0.433 e. The van der Waals surface area contributed by atoms with E-state index in [4.69, 9.17) is 30.8 Å². The van der Waals surface area contributed by atoms with Gasteiger partial charge in [-0.3, -0.25) is 4.90 Å². The number of hydrogen-bond donors (Lipinski definition) is 1. The maximum atomic E-state index is 17.7. The highest BCUT2D eigenvalue weighted by Gasteiger charge is 2.50. The van der Waals surface area contributed by atoms with Crippen LogP contribution in [0.1, 0.15) is 101 Å². The second-order valence-corrected chi connectivity index (χ2v) is 17.1. The van der Waals surface area contributed by atoms with Crippen LogP contribution in [0.15, 0.2) is 42.7 Å². The molecule has 6 atom stereocenters. The third kappa shape index (κ3) is 7.39. The molecular weight excluding hydrogens is 792 g/mol. The predicted octanol–water partition coefficient (Wildman–Crippen LogP) is 8.99. The zero-order valence-electron chi connectivity index (χ0n) is 34.5. The van der Waals surface area contributed by atoms with Crippen molar-refractivity contribution in [2.45, 2.75) is 120 Å². The van der Waals surface area contributed by atoms with Crippen molar-refractivity contribution in [1.82, 2.24) is 35.1 Å². The van der Waals surface area contributed by atoms with Crippen LogP contribution in [0.3, 0.4) is 0 Å². The Labute approximate surface area is 351 Å². The van der Waals surface area contributed by atoms with E-state index < -0.39 is 29.0 Å². The summed E-state index contributed by atoms with van der Waals surface area (Å²) in [5.41, 5.74) is -0.200. The molecule has 5 aromatic rings. The number of rotatable bonds is 10. The van der Waals surface area contributed by atoms with E-state index in [1.54, 1.807) is 18.2 Å². The van der Waals surface area contributed by atoms with E-state index in [-0.39, 0.29) is 72.0 Å². The van der Waals surface area contributed by atoms with Crippen LogP contribution in [0.4, 0.5) is 27.8 Å². The van der Waals surface area contributed by atoms with Gasteiger partial charge in [0.2, 0.25) is 5.88 Å². The Morgan fingerprint density at radius 3 is 2.64 bits per heavy atom. The highest BCUT2D eigenvalue weighted by Crippen LogP contribution is 2.46. The Bertz CT molecular complexity index is 2510. The lowest BCUT2D eigenvalue weighted by Gasteiger charge is -2.47. The molecule has 0 unspecified atom stereocenters. The van der Waals surface area contributed by atoms with E-state index in [1.807, 2.05) is 6.07 Å². The molecule has 0 bridgehead atoms. The van der Waals surface area contributed by atoms with Crippen molar-refractivity contribution in [3.8, 4) is 35.5 Å². The molecule has 9 rings (SSSR count). The van der Waals surface area contributed by atoms with Crippen LogP contribution in [-0.2, 0) is 6.18 Å². The van der Waals surface area contributed by atoms with Gasteiger partial charge in [0.1, 0.15) is 42.4 Å². The summed E-state index contributed by atoms with van der Waals surface area (Å²) in [6.07, 6.45) is 9.71. The fourth-order valence-corrected chi connectivity index (χ4v) is 10.6. The Morgan fingerprint density at radius 1 is 1.00 bits per heavy atom. The van der Waals surface area contributed by atoms with Crippen molar-refractivity contribution in [1.29, 1.82) is 0 Å². The summed E-state index contributed by atoms with van der Waals surface area (Å²) >= 11 is 0. The lowest BCUT2D eigenvalue weighted by Crippen LogP contribution is -2.62. The molecule has 0 spiro atoms. The predicted molar refractivity (Wildman–Crippen MR) is 223 cm³/mol. The monoisotopic (exact) mass is 840 g/mol. The van der Waals surface area contributed by atoms with Crippen molar-refractivity contribution in [3.05, 3.63) is 71.3 Å². The normalized spacial score (nSPS) is 25.2. The van der Waals surface area contributed by atoms with Gasteiger partial charge in [-0.15, -0.1) is 6.42 Å². The van der Waals surface area contributed by atoms with Gasteiger partial charge >= 0.3 is 12.2 Å². The molecule has 0 radical (unpaired) electrons. The van der Waals surface area contributed by atoms with E-state index >= 15 is 8.78 Å². The smallest absolute Gasteiger partial charge is 0.433 e. The number of alkyl halides is 3. The van der Waals surface area contributed by atoms with Crippen LogP contribution >= 0.6 is 0 Å². The van der Waals surface area contributed by atoms with Crippen molar-refractivity contribution in [2.75, 3.05) is 31.2 Å². The molecule has 3 fully saturated rings. The first kappa shape index (κ1) is 41.2. The Kier molecular flexibility index (Phi) is 11.0. The standard InChI is InChI=1S/C46H49F5N8O2/c1-5-10-29-22-58-34(26(4)54-29)16-14-27(6-2)40-38-42(39(48)41(55-40)32-12-8-11-28-13-15-33(47)31(7-3)37(28)32)56-44(57-43(38)58)61-24-45-18-9-20-59(45)30(17-19-45)23-60-36-21-35(46(49,50)51)52-25-53-36/h3,8,11-13,15,21,25-27,29-30,34,54H,5-6,9-10,14,16-20,22-24H2,1-2,4H3/t26-,27+,29+,30-,34+,45-/m0/s1. The van der Waals surface area contributed by atoms with E-state index in [1.165, 1.54) is 6.07 Å². The average Bonchev–Trinajstić information content (AvgIpc) is 3.82. The summed E-state index contributed by atoms with van der Waals surface area (Å²) in [6, 6.07) is 9.48. The molecule has 0 amide bonds. The topological polar surface area (TPSA) is 101 Å². The third-order valence-electron chi connectivity index (χ3n) is 13.5. The number of nitrogens with one attached hydrogen (secondary N) is 1. The Balaban J connectivity index is 1.13. The molecule has 320 valence electrons. The van der Waals surface area contributed by atoms with Crippen molar-refractivity contribution in [3.63, 3.8) is 0 Å². The van der Waals surface area contributed by atoms with E-state index in [2.05, 4.69) is 51.8 Å². The molecule has 4 aliphatic rings. The molecule has 2 aromatic carbocycles. The number of piperazine rings is 1. The highest BCUT2D eigenvalue weighted by atomic mass is 19.4. The van der Waals surface area contributed by atoms with Crippen molar-refractivity contribution in [2.24, 2.45) is 0 Å². The van der Waals surface area contributed by atoms with E-state index in [0.29, 0.717) is 39.8 Å². The van der Waals surface area contributed by atoms with Gasteiger partial charge in [0.05, 0.1) is 22.2 Å². The molecule has 15 heteroatoms. The minimum atomic E-state index is -4.61. The van der Waals surface area contributed by atoms with Gasteiger partial charge in [-0.2, -0.15) is 23.1 Å². The first-order chi connectivity index (χ1) is 29.4. The summed E-state index contributed by atoms with van der Waals surface area (Å²) in [7, 11) is 0. The molecule has 3 aromatic heterocycles. The molecule has 0 aliphatic carbocycles. The molecule has 0 saturated carbocycles. The number of benzene rings is 2. The lowest BCUT2D eigenvalue weighted by molar-refractivity contribution is -0.141. The van der Waals surface area contributed by atoms with Gasteiger partial charge in [0, 0.05) is 53.6 Å². The second-order valence-electron chi connectivity index (χ2n) is 17.1. The molecule has 10 nitrogen and oxygen atoms in total. The number of aromatic nitrogens is 5. The number of ether oxygens (including phenoxy) is 2. The highest BCUT2D eigenvalue weighted by molar-refractivity contribution is 6.03. The van der Waals surface area contributed by atoms with Gasteiger partial charge < -0.3 is 19.7 Å². The summed E-state index contributed by atoms with van der Waals surface area (Å²) in [5.74, 6) is 1.69. The SMILES string of the molecule is C#Cc1c(F)ccc2cccc(-c3nc4c5c(nc(OC[C@@]67CCCN6[C@H](COc6cc(C(F)(F)F)ncn6)CC7)nc5c3F)N3C[C@@H](CCC)N[C@@H](C)[C@H]3CC[C@H]4CC)c12. The first-order valence-electron chi connectivity index (χ1n) is 21.5. The number of halogens is 5. The Hall–Kier alpha value is -5.20. The number of hydrogen-bond acceptors (Lipinski definition) is 10. The van der Waals surface area contributed by atoms with Crippen LogP contribution in [0.2, 0.25) is 0 Å². The van der Waals surface area contributed by atoms with Gasteiger partial charge in [-0.25, -0.2) is 23.7 Å². The second kappa shape index (κ2) is 16.2. The number of pyridine rings is 1. The molecule has 7 heterocycles. The number of terminal acetylenes is 1. The van der Waals surface area contributed by atoms with Crippen molar-refractivity contribution >= 4 is 27.5 Å². The molecule has 4 aliphatic heterocycles. The molecule has 1 N–H and O–H groups in total. The van der Waals surface area contributed by atoms with Crippen LogP contribution in [0.5, 0.6) is 11.9 Å². The van der Waals surface area contributed by atoms with Crippen LogP contribution in [0.25, 0.3) is 32.9 Å². The molecular formula is C46H49F5N8O2.